The average molecular weight is 261 g/mol. The molecule has 0 saturated carbocycles. The lowest BCUT2D eigenvalue weighted by molar-refractivity contribution is 0.464. The van der Waals surface area contributed by atoms with Gasteiger partial charge in [-0.1, -0.05) is 39.5 Å². The van der Waals surface area contributed by atoms with E-state index in [-0.39, 0.29) is 0 Å². The monoisotopic (exact) mass is 261 g/mol. The minimum Gasteiger partial charge on any atom is -0.313 e. The minimum absolute atomic E-state index is 0.764. The second-order valence-corrected chi connectivity index (χ2v) is 6.99. The molecule has 1 saturated heterocycles. The van der Waals surface area contributed by atoms with Crippen LogP contribution in [-0.4, -0.2) is 35.1 Å². The first-order valence-electron chi connectivity index (χ1n) is 6.81. The van der Waals surface area contributed by atoms with Crippen molar-refractivity contribution in [2.75, 3.05) is 23.8 Å². The van der Waals surface area contributed by atoms with Crippen LogP contribution in [0, 0.1) is 0 Å². The van der Waals surface area contributed by atoms with Gasteiger partial charge in [0.05, 0.1) is 0 Å². The van der Waals surface area contributed by atoms with E-state index >= 15 is 0 Å². The van der Waals surface area contributed by atoms with Crippen LogP contribution in [0.3, 0.4) is 0 Å². The topological polar surface area (TPSA) is 12.0 Å². The number of rotatable bonds is 8. The van der Waals surface area contributed by atoms with Crippen molar-refractivity contribution in [1.82, 2.24) is 5.32 Å². The van der Waals surface area contributed by atoms with Crippen molar-refractivity contribution in [3.8, 4) is 0 Å². The summed E-state index contributed by atoms with van der Waals surface area (Å²) in [6.45, 7) is 5.65. The molecule has 1 fully saturated rings. The van der Waals surface area contributed by atoms with Crippen LogP contribution in [0.1, 0.15) is 46.0 Å². The zero-order valence-corrected chi connectivity index (χ0v) is 12.5. The Morgan fingerprint density at radius 1 is 1.19 bits per heavy atom. The van der Waals surface area contributed by atoms with Crippen LogP contribution in [-0.2, 0) is 0 Å². The van der Waals surface area contributed by atoms with Crippen LogP contribution < -0.4 is 5.32 Å². The van der Waals surface area contributed by atoms with Crippen molar-refractivity contribution in [3.05, 3.63) is 0 Å². The Morgan fingerprint density at radius 3 is 2.69 bits per heavy atom. The summed E-state index contributed by atoms with van der Waals surface area (Å²) >= 11 is 4.33. The molecule has 1 N–H and O–H groups in total. The fourth-order valence-electron chi connectivity index (χ4n) is 2.21. The van der Waals surface area contributed by atoms with E-state index in [1.807, 2.05) is 0 Å². The Balaban J connectivity index is 2.22. The molecule has 1 heterocycles. The normalized spacial score (nSPS) is 23.2. The molecule has 1 aliphatic heterocycles. The zero-order chi connectivity index (χ0) is 11.6. The van der Waals surface area contributed by atoms with Gasteiger partial charge < -0.3 is 5.32 Å². The molecule has 0 aromatic heterocycles. The zero-order valence-electron chi connectivity index (χ0n) is 10.8. The second kappa shape index (κ2) is 9.67. The molecular weight excluding hydrogens is 234 g/mol. The van der Waals surface area contributed by atoms with E-state index in [1.165, 1.54) is 49.4 Å². The summed E-state index contributed by atoms with van der Waals surface area (Å²) in [6.07, 6.45) is 6.97. The molecule has 2 atom stereocenters. The lowest BCUT2D eigenvalue weighted by Crippen LogP contribution is -2.40. The molecule has 1 nitrogen and oxygen atoms in total. The molecule has 0 aromatic carbocycles. The van der Waals surface area contributed by atoms with Crippen LogP contribution in [0.2, 0.25) is 0 Å². The molecule has 0 amide bonds. The van der Waals surface area contributed by atoms with Crippen LogP contribution in [0.15, 0.2) is 0 Å². The molecule has 0 radical (unpaired) electrons. The molecule has 0 aliphatic carbocycles. The van der Waals surface area contributed by atoms with Gasteiger partial charge in [-0.15, -0.1) is 0 Å². The highest BCUT2D eigenvalue weighted by atomic mass is 32.2. The Labute approximate surface area is 110 Å². The summed E-state index contributed by atoms with van der Waals surface area (Å²) in [5.74, 6) is 4.07. The Morgan fingerprint density at radius 2 is 2.06 bits per heavy atom. The first kappa shape index (κ1) is 14.7. The third-order valence-electron chi connectivity index (χ3n) is 3.13. The highest BCUT2D eigenvalue weighted by Crippen LogP contribution is 2.28. The van der Waals surface area contributed by atoms with Gasteiger partial charge >= 0.3 is 0 Å². The molecule has 2 unspecified atom stereocenters. The van der Waals surface area contributed by atoms with E-state index < -0.39 is 0 Å². The SMILES string of the molecule is CCCCCCC(NCC)C1CSCCS1. The Kier molecular flexibility index (Phi) is 8.89. The smallest absolute Gasteiger partial charge is 0.0291 e. The van der Waals surface area contributed by atoms with E-state index in [1.54, 1.807) is 0 Å². The maximum absolute atomic E-state index is 3.70. The van der Waals surface area contributed by atoms with Gasteiger partial charge in [0, 0.05) is 28.6 Å². The Bertz CT molecular complexity index is 158. The molecule has 1 aliphatic rings. The number of unbranched alkanes of at least 4 members (excludes halogenated alkanes) is 3. The Hall–Kier alpha value is 0.660. The van der Waals surface area contributed by atoms with Gasteiger partial charge in [0.2, 0.25) is 0 Å². The van der Waals surface area contributed by atoms with E-state index in [2.05, 4.69) is 42.7 Å². The highest BCUT2D eigenvalue weighted by molar-refractivity contribution is 8.06. The van der Waals surface area contributed by atoms with Crippen LogP contribution in [0.4, 0.5) is 0 Å². The van der Waals surface area contributed by atoms with Crippen molar-refractivity contribution in [3.63, 3.8) is 0 Å². The first-order chi connectivity index (χ1) is 7.88. The predicted octanol–water partition coefficient (Wildman–Crippen LogP) is 3.78. The third kappa shape index (κ3) is 5.83. The summed E-state index contributed by atoms with van der Waals surface area (Å²) in [5.41, 5.74) is 0. The third-order valence-corrected chi connectivity index (χ3v) is 6.05. The largest absolute Gasteiger partial charge is 0.313 e. The van der Waals surface area contributed by atoms with Crippen molar-refractivity contribution in [2.24, 2.45) is 0 Å². The van der Waals surface area contributed by atoms with E-state index in [9.17, 15) is 0 Å². The summed E-state index contributed by atoms with van der Waals surface area (Å²) in [4.78, 5) is 0. The number of hydrogen-bond donors (Lipinski definition) is 1. The molecule has 0 bridgehead atoms. The standard InChI is InChI=1S/C13H27NS2/c1-3-5-6-7-8-12(14-4-2)13-11-15-9-10-16-13/h12-14H,3-11H2,1-2H3. The average Bonchev–Trinajstić information content (AvgIpc) is 2.34. The first-order valence-corrected chi connectivity index (χ1v) is 9.01. The molecule has 0 aromatic rings. The van der Waals surface area contributed by atoms with Crippen LogP contribution in [0.25, 0.3) is 0 Å². The van der Waals surface area contributed by atoms with Crippen molar-refractivity contribution in [1.29, 1.82) is 0 Å². The predicted molar refractivity (Wildman–Crippen MR) is 79.8 cm³/mol. The van der Waals surface area contributed by atoms with Crippen LogP contribution >= 0.6 is 23.5 Å². The second-order valence-electron chi connectivity index (χ2n) is 4.50. The number of thioether (sulfide) groups is 2. The van der Waals surface area contributed by atoms with Gasteiger partial charge in [-0.05, 0) is 13.0 Å². The van der Waals surface area contributed by atoms with Crippen molar-refractivity contribution >= 4 is 23.5 Å². The molecule has 96 valence electrons. The molecule has 16 heavy (non-hydrogen) atoms. The minimum atomic E-state index is 0.764. The summed E-state index contributed by atoms with van der Waals surface area (Å²) in [7, 11) is 0. The van der Waals surface area contributed by atoms with Crippen molar-refractivity contribution < 1.29 is 0 Å². The van der Waals surface area contributed by atoms with Crippen LogP contribution in [0.5, 0.6) is 0 Å². The summed E-state index contributed by atoms with van der Waals surface area (Å²) in [5, 5.41) is 4.56. The van der Waals surface area contributed by atoms with E-state index in [4.69, 9.17) is 0 Å². The quantitative estimate of drug-likeness (QED) is 0.668. The fraction of sp³-hybridized carbons (Fsp3) is 1.00. The van der Waals surface area contributed by atoms with Gasteiger partial charge in [-0.3, -0.25) is 0 Å². The van der Waals surface area contributed by atoms with Crippen molar-refractivity contribution in [2.45, 2.75) is 57.2 Å². The number of nitrogens with one attached hydrogen (secondary N) is 1. The fourth-order valence-corrected chi connectivity index (χ4v) is 5.14. The van der Waals surface area contributed by atoms with E-state index in [0.29, 0.717) is 0 Å². The molecule has 0 spiro atoms. The molecule has 1 rings (SSSR count). The molecule has 3 heteroatoms. The van der Waals surface area contributed by atoms with E-state index in [0.717, 1.165) is 17.8 Å². The van der Waals surface area contributed by atoms with Gasteiger partial charge in [0.25, 0.3) is 0 Å². The molecular formula is C13H27NS2. The summed E-state index contributed by atoms with van der Waals surface area (Å²) in [6, 6.07) is 0.764. The summed E-state index contributed by atoms with van der Waals surface area (Å²) < 4.78 is 0. The maximum atomic E-state index is 3.70. The maximum Gasteiger partial charge on any atom is 0.0291 e. The van der Waals surface area contributed by atoms with Gasteiger partial charge in [0.1, 0.15) is 0 Å². The van der Waals surface area contributed by atoms with Gasteiger partial charge in [-0.25, -0.2) is 0 Å². The number of hydrogen-bond acceptors (Lipinski definition) is 3. The lowest BCUT2D eigenvalue weighted by atomic mass is 10.0. The van der Waals surface area contributed by atoms with Gasteiger partial charge in [0.15, 0.2) is 0 Å². The highest BCUT2D eigenvalue weighted by Gasteiger charge is 2.23. The van der Waals surface area contributed by atoms with Gasteiger partial charge in [-0.2, -0.15) is 23.5 Å². The lowest BCUT2D eigenvalue weighted by Gasteiger charge is -2.30.